The Morgan fingerprint density at radius 2 is 2.00 bits per heavy atom. The molecule has 0 saturated heterocycles. The van der Waals surface area contributed by atoms with Crippen molar-refractivity contribution >= 4 is 0 Å². The van der Waals surface area contributed by atoms with Crippen LogP contribution in [0.1, 0.15) is 60.3 Å². The maximum atomic E-state index is 2.48. The van der Waals surface area contributed by atoms with Gasteiger partial charge >= 0.3 is 0 Å². The van der Waals surface area contributed by atoms with E-state index in [0.717, 1.165) is 17.8 Å². The molecule has 0 heteroatoms. The zero-order valence-corrected chi connectivity index (χ0v) is 10.1. The largest absolute Gasteiger partial charge is 0.0654 e. The van der Waals surface area contributed by atoms with E-state index >= 15 is 0 Å². The van der Waals surface area contributed by atoms with Crippen LogP contribution in [0.25, 0.3) is 0 Å². The molecule has 13 heavy (non-hydrogen) atoms. The molecule has 0 spiro atoms. The SMILES string of the molecule is CCCC1(C)CC(CC(C)C)C1C. The standard InChI is InChI=1S/C13H26/c1-6-7-13(5)9-12(11(13)4)8-10(2)3/h10-12H,6-9H2,1-5H3. The molecule has 1 aliphatic carbocycles. The van der Waals surface area contributed by atoms with E-state index in [4.69, 9.17) is 0 Å². The first-order valence-electron chi connectivity index (χ1n) is 5.99. The molecule has 0 heterocycles. The summed E-state index contributed by atoms with van der Waals surface area (Å²) in [6, 6.07) is 0. The van der Waals surface area contributed by atoms with Crippen molar-refractivity contribution in [3.63, 3.8) is 0 Å². The fourth-order valence-corrected chi connectivity index (χ4v) is 3.16. The maximum Gasteiger partial charge on any atom is -0.0295 e. The van der Waals surface area contributed by atoms with Crippen LogP contribution in [0.3, 0.4) is 0 Å². The molecule has 0 bridgehead atoms. The summed E-state index contributed by atoms with van der Waals surface area (Å²) < 4.78 is 0. The lowest BCUT2D eigenvalue weighted by atomic mass is 9.52. The van der Waals surface area contributed by atoms with E-state index in [1.54, 1.807) is 0 Å². The summed E-state index contributed by atoms with van der Waals surface area (Å²) in [5.74, 6) is 2.88. The zero-order valence-electron chi connectivity index (χ0n) is 10.1. The summed E-state index contributed by atoms with van der Waals surface area (Å²) >= 11 is 0. The second-order valence-corrected chi connectivity index (χ2v) is 5.79. The quantitative estimate of drug-likeness (QED) is 0.600. The minimum atomic E-state index is 0.689. The summed E-state index contributed by atoms with van der Waals surface area (Å²) in [5, 5.41) is 0. The van der Waals surface area contributed by atoms with E-state index in [9.17, 15) is 0 Å². The third-order valence-corrected chi connectivity index (χ3v) is 4.13. The first-order valence-corrected chi connectivity index (χ1v) is 5.99. The van der Waals surface area contributed by atoms with Gasteiger partial charge in [-0.1, -0.05) is 41.0 Å². The molecule has 0 amide bonds. The van der Waals surface area contributed by atoms with E-state index in [1.165, 1.54) is 25.7 Å². The lowest BCUT2D eigenvalue weighted by molar-refractivity contribution is -0.0328. The van der Waals surface area contributed by atoms with Gasteiger partial charge in [0.25, 0.3) is 0 Å². The molecular formula is C13H26. The average Bonchev–Trinajstić information content (AvgIpc) is 2.03. The Morgan fingerprint density at radius 1 is 1.38 bits per heavy atom. The first-order chi connectivity index (χ1) is 5.99. The van der Waals surface area contributed by atoms with Gasteiger partial charge in [-0.15, -0.1) is 0 Å². The van der Waals surface area contributed by atoms with Gasteiger partial charge in [-0.3, -0.25) is 0 Å². The monoisotopic (exact) mass is 182 g/mol. The fraction of sp³-hybridized carbons (Fsp3) is 1.00. The van der Waals surface area contributed by atoms with Crippen molar-refractivity contribution in [3.8, 4) is 0 Å². The first kappa shape index (κ1) is 11.1. The van der Waals surface area contributed by atoms with Crippen LogP contribution < -0.4 is 0 Å². The van der Waals surface area contributed by atoms with Gasteiger partial charge in [-0.05, 0) is 42.4 Å². The molecule has 0 aromatic heterocycles. The van der Waals surface area contributed by atoms with Crippen LogP contribution in [0.15, 0.2) is 0 Å². The van der Waals surface area contributed by atoms with Crippen LogP contribution in [-0.2, 0) is 0 Å². The molecule has 3 atom stereocenters. The van der Waals surface area contributed by atoms with Crippen LogP contribution in [0.4, 0.5) is 0 Å². The zero-order chi connectivity index (χ0) is 10.1. The highest BCUT2D eigenvalue weighted by Gasteiger charge is 2.46. The van der Waals surface area contributed by atoms with Crippen LogP contribution >= 0.6 is 0 Å². The Balaban J connectivity index is 2.37. The molecular weight excluding hydrogens is 156 g/mol. The van der Waals surface area contributed by atoms with Crippen molar-refractivity contribution in [1.29, 1.82) is 0 Å². The lowest BCUT2D eigenvalue weighted by Crippen LogP contribution is -2.44. The van der Waals surface area contributed by atoms with Crippen LogP contribution in [0.2, 0.25) is 0 Å². The van der Waals surface area contributed by atoms with E-state index in [-0.39, 0.29) is 0 Å². The molecule has 0 aliphatic heterocycles. The van der Waals surface area contributed by atoms with Crippen molar-refractivity contribution in [2.24, 2.45) is 23.2 Å². The Bertz CT molecular complexity index is 159. The van der Waals surface area contributed by atoms with Gasteiger partial charge in [0.2, 0.25) is 0 Å². The minimum absolute atomic E-state index is 0.689. The third kappa shape index (κ3) is 2.27. The predicted molar refractivity (Wildman–Crippen MR) is 59.7 cm³/mol. The maximum absolute atomic E-state index is 2.48. The van der Waals surface area contributed by atoms with Gasteiger partial charge in [-0.2, -0.15) is 0 Å². The Labute approximate surface area is 84.1 Å². The highest BCUT2D eigenvalue weighted by Crippen LogP contribution is 2.55. The molecule has 0 nitrogen and oxygen atoms in total. The molecule has 0 aromatic rings. The van der Waals surface area contributed by atoms with Crippen molar-refractivity contribution in [2.45, 2.75) is 60.3 Å². The summed E-state index contributed by atoms with van der Waals surface area (Å²) in [4.78, 5) is 0. The van der Waals surface area contributed by atoms with Gasteiger partial charge in [0.1, 0.15) is 0 Å². The molecule has 3 unspecified atom stereocenters. The summed E-state index contributed by atoms with van der Waals surface area (Å²) in [5.41, 5.74) is 0.689. The molecule has 78 valence electrons. The molecule has 1 rings (SSSR count). The summed E-state index contributed by atoms with van der Waals surface area (Å²) in [6.45, 7) is 12.0. The molecule has 0 radical (unpaired) electrons. The van der Waals surface area contributed by atoms with Gasteiger partial charge in [0.15, 0.2) is 0 Å². The average molecular weight is 182 g/mol. The fourth-order valence-electron chi connectivity index (χ4n) is 3.16. The Morgan fingerprint density at radius 3 is 2.38 bits per heavy atom. The van der Waals surface area contributed by atoms with Gasteiger partial charge < -0.3 is 0 Å². The van der Waals surface area contributed by atoms with Gasteiger partial charge in [-0.25, -0.2) is 0 Å². The second kappa shape index (κ2) is 4.02. The Kier molecular flexibility index (Phi) is 3.43. The molecule has 0 aromatic carbocycles. The highest BCUT2D eigenvalue weighted by molar-refractivity contribution is 4.95. The molecule has 0 N–H and O–H groups in total. The van der Waals surface area contributed by atoms with Crippen LogP contribution in [-0.4, -0.2) is 0 Å². The Hall–Kier alpha value is 0. The van der Waals surface area contributed by atoms with Crippen molar-refractivity contribution < 1.29 is 0 Å². The van der Waals surface area contributed by atoms with Crippen molar-refractivity contribution in [2.75, 3.05) is 0 Å². The van der Waals surface area contributed by atoms with E-state index in [1.807, 2.05) is 0 Å². The van der Waals surface area contributed by atoms with Crippen LogP contribution in [0.5, 0.6) is 0 Å². The topological polar surface area (TPSA) is 0 Å². The van der Waals surface area contributed by atoms with Gasteiger partial charge in [0.05, 0.1) is 0 Å². The van der Waals surface area contributed by atoms with E-state index in [2.05, 4.69) is 34.6 Å². The van der Waals surface area contributed by atoms with Crippen molar-refractivity contribution in [1.82, 2.24) is 0 Å². The molecule has 1 saturated carbocycles. The molecule has 1 aliphatic rings. The summed E-state index contributed by atoms with van der Waals surface area (Å²) in [6.07, 6.45) is 5.72. The third-order valence-electron chi connectivity index (χ3n) is 4.13. The van der Waals surface area contributed by atoms with Gasteiger partial charge in [0, 0.05) is 0 Å². The smallest absolute Gasteiger partial charge is 0.0295 e. The molecule has 1 fully saturated rings. The predicted octanol–water partition coefficient (Wildman–Crippen LogP) is 4.49. The van der Waals surface area contributed by atoms with Crippen LogP contribution in [0, 0.1) is 23.2 Å². The second-order valence-electron chi connectivity index (χ2n) is 5.79. The highest BCUT2D eigenvalue weighted by atomic mass is 14.5. The minimum Gasteiger partial charge on any atom is -0.0654 e. The lowest BCUT2D eigenvalue weighted by Gasteiger charge is -2.53. The normalized spacial score (nSPS) is 39.2. The summed E-state index contributed by atoms with van der Waals surface area (Å²) in [7, 11) is 0. The van der Waals surface area contributed by atoms with E-state index in [0.29, 0.717) is 5.41 Å². The number of rotatable bonds is 4. The number of hydrogen-bond acceptors (Lipinski definition) is 0. The van der Waals surface area contributed by atoms with Crippen molar-refractivity contribution in [3.05, 3.63) is 0 Å². The number of hydrogen-bond donors (Lipinski definition) is 0. The van der Waals surface area contributed by atoms with E-state index < -0.39 is 0 Å².